The Morgan fingerprint density at radius 3 is 2.60 bits per heavy atom. The second-order valence-corrected chi connectivity index (χ2v) is 4.49. The van der Waals surface area contributed by atoms with E-state index in [1.807, 2.05) is 26.0 Å². The molecule has 0 saturated heterocycles. The number of hydrogen-bond donors (Lipinski definition) is 1. The van der Waals surface area contributed by atoms with Crippen LogP contribution in [0.4, 0.5) is 0 Å². The fourth-order valence-corrected chi connectivity index (χ4v) is 1.88. The Balaban J connectivity index is 2.31. The fraction of sp³-hybridized carbons (Fsp3) is 0.125. The Labute approximate surface area is 117 Å². The van der Waals surface area contributed by atoms with Gasteiger partial charge in [0.05, 0.1) is 0 Å². The van der Waals surface area contributed by atoms with Crippen molar-refractivity contribution in [1.29, 1.82) is 0 Å². The Morgan fingerprint density at radius 1 is 1.25 bits per heavy atom. The van der Waals surface area contributed by atoms with Crippen LogP contribution < -0.4 is 4.74 Å². The molecule has 0 unspecified atom stereocenters. The molecule has 4 nitrogen and oxygen atoms in total. The van der Waals surface area contributed by atoms with E-state index >= 15 is 0 Å². The lowest BCUT2D eigenvalue weighted by atomic mass is 10.1. The molecule has 0 amide bonds. The Hall–Kier alpha value is -2.62. The van der Waals surface area contributed by atoms with Gasteiger partial charge in [0.2, 0.25) is 5.88 Å². The van der Waals surface area contributed by atoms with Crippen molar-refractivity contribution in [1.82, 2.24) is 4.98 Å². The van der Waals surface area contributed by atoms with Crippen molar-refractivity contribution in [2.24, 2.45) is 0 Å². The van der Waals surface area contributed by atoms with Gasteiger partial charge in [0.15, 0.2) is 0 Å². The van der Waals surface area contributed by atoms with Crippen molar-refractivity contribution in [2.45, 2.75) is 13.8 Å². The van der Waals surface area contributed by atoms with Crippen molar-refractivity contribution in [2.75, 3.05) is 0 Å². The minimum Gasteiger partial charge on any atom is -0.478 e. The van der Waals surface area contributed by atoms with Crippen LogP contribution in [-0.2, 0) is 4.79 Å². The predicted octanol–water partition coefficient (Wildman–Crippen LogP) is 3.59. The van der Waals surface area contributed by atoms with Gasteiger partial charge in [-0.3, -0.25) is 0 Å². The van der Waals surface area contributed by atoms with Crippen LogP contribution in [-0.4, -0.2) is 16.1 Å². The summed E-state index contributed by atoms with van der Waals surface area (Å²) in [4.78, 5) is 14.7. The maximum absolute atomic E-state index is 10.6. The van der Waals surface area contributed by atoms with Crippen LogP contribution in [0.1, 0.15) is 16.7 Å². The first-order valence-electron chi connectivity index (χ1n) is 6.17. The van der Waals surface area contributed by atoms with Gasteiger partial charge in [-0.05, 0) is 55.3 Å². The van der Waals surface area contributed by atoms with E-state index in [0.717, 1.165) is 17.2 Å². The molecular weight excluding hydrogens is 254 g/mol. The van der Waals surface area contributed by atoms with E-state index in [-0.39, 0.29) is 0 Å². The summed E-state index contributed by atoms with van der Waals surface area (Å²) in [6.45, 7) is 3.98. The molecule has 0 aliphatic carbocycles. The van der Waals surface area contributed by atoms with Crippen LogP contribution in [0.2, 0.25) is 0 Å². The minimum atomic E-state index is -1.01. The number of rotatable bonds is 4. The second kappa shape index (κ2) is 6.02. The first kappa shape index (κ1) is 13.8. The zero-order valence-corrected chi connectivity index (χ0v) is 11.3. The Morgan fingerprint density at radius 2 is 1.95 bits per heavy atom. The number of benzene rings is 1. The van der Waals surface area contributed by atoms with E-state index in [1.165, 1.54) is 6.08 Å². The number of aryl methyl sites for hydroxylation is 2. The van der Waals surface area contributed by atoms with Gasteiger partial charge >= 0.3 is 5.97 Å². The van der Waals surface area contributed by atoms with Crippen LogP contribution in [0.25, 0.3) is 6.08 Å². The summed E-state index contributed by atoms with van der Waals surface area (Å²) in [6, 6.07) is 9.36. The maximum atomic E-state index is 10.6. The average Bonchev–Trinajstić information content (AvgIpc) is 2.36. The standard InChI is InChI=1S/C16H15NO3/c1-11-8-12(2)10-14(9-11)20-16-13(4-3-7-17-16)5-6-15(18)19/h3-10H,1-2H3,(H,18,19)/b6-5+. The van der Waals surface area contributed by atoms with Crippen LogP contribution in [0.5, 0.6) is 11.6 Å². The number of carboxylic acids is 1. The van der Waals surface area contributed by atoms with Crippen LogP contribution in [0.15, 0.2) is 42.6 Å². The number of carboxylic acid groups (broad SMARTS) is 1. The van der Waals surface area contributed by atoms with Crippen molar-refractivity contribution in [3.8, 4) is 11.6 Å². The Kier molecular flexibility index (Phi) is 4.15. The molecule has 4 heteroatoms. The zero-order chi connectivity index (χ0) is 14.5. The first-order chi connectivity index (χ1) is 9.54. The van der Waals surface area contributed by atoms with E-state index in [2.05, 4.69) is 11.1 Å². The highest BCUT2D eigenvalue weighted by Crippen LogP contribution is 2.25. The van der Waals surface area contributed by atoms with Crippen LogP contribution >= 0.6 is 0 Å². The number of pyridine rings is 1. The van der Waals surface area contributed by atoms with E-state index in [9.17, 15) is 4.79 Å². The normalized spacial score (nSPS) is 10.7. The number of aliphatic carboxylic acids is 1. The Bertz CT molecular complexity index is 642. The van der Waals surface area contributed by atoms with Gasteiger partial charge in [-0.1, -0.05) is 6.07 Å². The lowest BCUT2D eigenvalue weighted by molar-refractivity contribution is -0.131. The van der Waals surface area contributed by atoms with Gasteiger partial charge in [-0.15, -0.1) is 0 Å². The SMILES string of the molecule is Cc1cc(C)cc(Oc2ncccc2/C=C/C(=O)O)c1. The largest absolute Gasteiger partial charge is 0.478 e. The summed E-state index contributed by atoms with van der Waals surface area (Å²) < 4.78 is 5.75. The van der Waals surface area contributed by atoms with Crippen LogP contribution in [0, 0.1) is 13.8 Å². The number of ether oxygens (including phenoxy) is 1. The highest BCUT2D eigenvalue weighted by atomic mass is 16.5. The highest BCUT2D eigenvalue weighted by Gasteiger charge is 2.05. The molecule has 1 N–H and O–H groups in total. The quantitative estimate of drug-likeness (QED) is 0.862. The van der Waals surface area contributed by atoms with Crippen molar-refractivity contribution >= 4 is 12.0 Å². The summed E-state index contributed by atoms with van der Waals surface area (Å²) in [5.74, 6) is 0.0624. The van der Waals surface area contributed by atoms with E-state index in [1.54, 1.807) is 18.3 Å². The summed E-state index contributed by atoms with van der Waals surface area (Å²) in [5.41, 5.74) is 2.81. The third-order valence-corrected chi connectivity index (χ3v) is 2.62. The van der Waals surface area contributed by atoms with E-state index in [0.29, 0.717) is 17.2 Å². The van der Waals surface area contributed by atoms with Gasteiger partial charge in [0, 0.05) is 17.8 Å². The molecule has 0 radical (unpaired) electrons. The molecule has 0 aliphatic rings. The number of hydrogen-bond acceptors (Lipinski definition) is 3. The van der Waals surface area contributed by atoms with Crippen molar-refractivity contribution in [3.05, 3.63) is 59.3 Å². The molecule has 1 aromatic heterocycles. The molecule has 0 fully saturated rings. The zero-order valence-electron chi connectivity index (χ0n) is 11.3. The molecule has 0 bridgehead atoms. The molecule has 0 saturated carbocycles. The third kappa shape index (κ3) is 3.68. The number of aromatic nitrogens is 1. The highest BCUT2D eigenvalue weighted by molar-refractivity contribution is 5.85. The van der Waals surface area contributed by atoms with Crippen molar-refractivity contribution < 1.29 is 14.6 Å². The lowest BCUT2D eigenvalue weighted by Gasteiger charge is -2.09. The molecule has 20 heavy (non-hydrogen) atoms. The first-order valence-corrected chi connectivity index (χ1v) is 6.17. The van der Waals surface area contributed by atoms with Gasteiger partial charge in [0.25, 0.3) is 0 Å². The molecule has 1 heterocycles. The smallest absolute Gasteiger partial charge is 0.328 e. The minimum absolute atomic E-state index is 0.384. The molecule has 2 rings (SSSR count). The second-order valence-electron chi connectivity index (χ2n) is 4.49. The molecule has 0 spiro atoms. The maximum Gasteiger partial charge on any atom is 0.328 e. The molecule has 2 aromatic rings. The third-order valence-electron chi connectivity index (χ3n) is 2.62. The summed E-state index contributed by atoms with van der Waals surface area (Å²) in [7, 11) is 0. The predicted molar refractivity (Wildman–Crippen MR) is 76.9 cm³/mol. The van der Waals surface area contributed by atoms with Gasteiger partial charge in [-0.2, -0.15) is 0 Å². The average molecular weight is 269 g/mol. The molecule has 1 aromatic carbocycles. The van der Waals surface area contributed by atoms with E-state index in [4.69, 9.17) is 9.84 Å². The van der Waals surface area contributed by atoms with Gasteiger partial charge in [-0.25, -0.2) is 9.78 Å². The lowest BCUT2D eigenvalue weighted by Crippen LogP contribution is -1.93. The van der Waals surface area contributed by atoms with Crippen molar-refractivity contribution in [3.63, 3.8) is 0 Å². The monoisotopic (exact) mass is 269 g/mol. The summed E-state index contributed by atoms with van der Waals surface area (Å²) in [5, 5.41) is 8.68. The van der Waals surface area contributed by atoms with Crippen LogP contribution in [0.3, 0.4) is 0 Å². The summed E-state index contributed by atoms with van der Waals surface area (Å²) in [6.07, 6.45) is 4.13. The fourth-order valence-electron chi connectivity index (χ4n) is 1.88. The topological polar surface area (TPSA) is 59.4 Å². The molecule has 0 atom stereocenters. The van der Waals surface area contributed by atoms with E-state index < -0.39 is 5.97 Å². The molecule has 102 valence electrons. The van der Waals surface area contributed by atoms with Gasteiger partial charge in [0.1, 0.15) is 5.75 Å². The number of carbonyl (C=O) groups is 1. The molecule has 0 aliphatic heterocycles. The molecular formula is C16H15NO3. The van der Waals surface area contributed by atoms with Gasteiger partial charge < -0.3 is 9.84 Å². The number of nitrogens with zero attached hydrogens (tertiary/aromatic N) is 1. The summed E-state index contributed by atoms with van der Waals surface area (Å²) >= 11 is 0.